The highest BCUT2D eigenvalue weighted by molar-refractivity contribution is 4.84. The molecule has 0 aliphatic carbocycles. The first kappa shape index (κ1) is 12.0. The van der Waals surface area contributed by atoms with Gasteiger partial charge in [0.2, 0.25) is 0 Å². The van der Waals surface area contributed by atoms with Crippen molar-refractivity contribution in [2.45, 2.75) is 58.9 Å². The SMILES string of the molecule is CCCN(C)C(CC)(CC)CC. The van der Waals surface area contributed by atoms with Crippen LogP contribution in [-0.2, 0) is 0 Å². The molecule has 0 aromatic carbocycles. The fourth-order valence-electron chi connectivity index (χ4n) is 2.13. The second-order valence-electron chi connectivity index (χ2n) is 3.71. The minimum absolute atomic E-state index is 0.468. The van der Waals surface area contributed by atoms with Crippen LogP contribution >= 0.6 is 0 Å². The summed E-state index contributed by atoms with van der Waals surface area (Å²) in [4.78, 5) is 2.53. The fraction of sp³-hybridized carbons (Fsp3) is 1.00. The van der Waals surface area contributed by atoms with Crippen LogP contribution < -0.4 is 0 Å². The molecule has 0 unspecified atom stereocenters. The summed E-state index contributed by atoms with van der Waals surface area (Å²) in [5.74, 6) is 0. The van der Waals surface area contributed by atoms with E-state index < -0.39 is 0 Å². The summed E-state index contributed by atoms with van der Waals surface area (Å²) in [6.07, 6.45) is 5.09. The van der Waals surface area contributed by atoms with Crippen molar-refractivity contribution in [1.29, 1.82) is 0 Å². The molecular weight excluding hydrogens is 146 g/mol. The Hall–Kier alpha value is -0.0400. The third kappa shape index (κ3) is 2.48. The van der Waals surface area contributed by atoms with Crippen LogP contribution in [0.15, 0.2) is 0 Å². The van der Waals surface area contributed by atoms with E-state index in [0.717, 1.165) is 0 Å². The second-order valence-corrected chi connectivity index (χ2v) is 3.71. The average Bonchev–Trinajstić information content (AvgIpc) is 2.09. The van der Waals surface area contributed by atoms with Crippen LogP contribution in [0.4, 0.5) is 0 Å². The van der Waals surface area contributed by atoms with Crippen LogP contribution in [0.1, 0.15) is 53.4 Å². The third-order valence-electron chi connectivity index (χ3n) is 3.34. The summed E-state index contributed by atoms with van der Waals surface area (Å²) in [5.41, 5.74) is 0.468. The first-order chi connectivity index (χ1) is 5.66. The van der Waals surface area contributed by atoms with Crippen LogP contribution in [0.2, 0.25) is 0 Å². The summed E-state index contributed by atoms with van der Waals surface area (Å²) < 4.78 is 0. The van der Waals surface area contributed by atoms with Gasteiger partial charge < -0.3 is 4.90 Å². The largest absolute Gasteiger partial charge is 0.301 e. The third-order valence-corrected chi connectivity index (χ3v) is 3.34. The molecule has 0 atom stereocenters. The topological polar surface area (TPSA) is 3.24 Å². The quantitative estimate of drug-likeness (QED) is 0.592. The zero-order chi connectivity index (χ0) is 9.61. The lowest BCUT2D eigenvalue weighted by atomic mass is 9.88. The van der Waals surface area contributed by atoms with Crippen molar-refractivity contribution in [1.82, 2.24) is 4.90 Å². The zero-order valence-electron chi connectivity index (χ0n) is 9.48. The maximum atomic E-state index is 2.53. The van der Waals surface area contributed by atoms with Crippen LogP contribution in [0.25, 0.3) is 0 Å². The van der Waals surface area contributed by atoms with E-state index in [1.165, 1.54) is 32.2 Å². The van der Waals surface area contributed by atoms with Gasteiger partial charge in [-0.05, 0) is 39.3 Å². The second kappa shape index (κ2) is 5.58. The fourth-order valence-corrected chi connectivity index (χ4v) is 2.13. The molecule has 0 N–H and O–H groups in total. The Balaban J connectivity index is 4.24. The molecule has 0 heterocycles. The van der Waals surface area contributed by atoms with Gasteiger partial charge in [0.05, 0.1) is 0 Å². The normalized spacial score (nSPS) is 12.5. The lowest BCUT2D eigenvalue weighted by molar-refractivity contribution is 0.103. The van der Waals surface area contributed by atoms with E-state index in [1.807, 2.05) is 0 Å². The molecule has 0 aromatic heterocycles. The molecule has 12 heavy (non-hydrogen) atoms. The van der Waals surface area contributed by atoms with Crippen molar-refractivity contribution in [3.63, 3.8) is 0 Å². The van der Waals surface area contributed by atoms with Gasteiger partial charge in [0.1, 0.15) is 0 Å². The molecule has 0 aliphatic rings. The van der Waals surface area contributed by atoms with Crippen molar-refractivity contribution in [3.8, 4) is 0 Å². The number of hydrogen-bond acceptors (Lipinski definition) is 1. The van der Waals surface area contributed by atoms with Crippen LogP contribution in [0.5, 0.6) is 0 Å². The molecule has 0 spiro atoms. The molecular formula is C11H25N. The number of nitrogens with zero attached hydrogens (tertiary/aromatic N) is 1. The Morgan fingerprint density at radius 2 is 1.33 bits per heavy atom. The highest BCUT2D eigenvalue weighted by Crippen LogP contribution is 2.26. The first-order valence-corrected chi connectivity index (χ1v) is 5.38. The van der Waals surface area contributed by atoms with E-state index in [1.54, 1.807) is 0 Å². The highest BCUT2D eigenvalue weighted by atomic mass is 15.2. The molecule has 0 saturated carbocycles. The van der Waals surface area contributed by atoms with Crippen molar-refractivity contribution in [2.75, 3.05) is 13.6 Å². The maximum absolute atomic E-state index is 2.53. The van der Waals surface area contributed by atoms with Gasteiger partial charge in [0.25, 0.3) is 0 Å². The predicted molar refractivity (Wildman–Crippen MR) is 56.5 cm³/mol. The summed E-state index contributed by atoms with van der Waals surface area (Å²) in [6.45, 7) is 10.4. The van der Waals surface area contributed by atoms with E-state index in [0.29, 0.717) is 5.54 Å². The van der Waals surface area contributed by atoms with Gasteiger partial charge in [-0.15, -0.1) is 0 Å². The lowest BCUT2D eigenvalue weighted by Gasteiger charge is -2.40. The Bertz CT molecular complexity index is 97.3. The maximum Gasteiger partial charge on any atom is 0.0198 e. The molecule has 1 nitrogen and oxygen atoms in total. The van der Waals surface area contributed by atoms with Crippen LogP contribution in [0, 0.1) is 0 Å². The zero-order valence-corrected chi connectivity index (χ0v) is 9.48. The van der Waals surface area contributed by atoms with Crippen molar-refractivity contribution >= 4 is 0 Å². The Labute approximate surface area is 78.1 Å². The molecule has 0 rings (SSSR count). The smallest absolute Gasteiger partial charge is 0.0198 e. The van der Waals surface area contributed by atoms with Crippen molar-refractivity contribution in [2.24, 2.45) is 0 Å². The summed E-state index contributed by atoms with van der Waals surface area (Å²) >= 11 is 0. The van der Waals surface area contributed by atoms with Gasteiger partial charge in [0, 0.05) is 5.54 Å². The van der Waals surface area contributed by atoms with Gasteiger partial charge in [0.15, 0.2) is 0 Å². The highest BCUT2D eigenvalue weighted by Gasteiger charge is 2.27. The summed E-state index contributed by atoms with van der Waals surface area (Å²) in [5, 5.41) is 0. The summed E-state index contributed by atoms with van der Waals surface area (Å²) in [7, 11) is 2.26. The standard InChI is InChI=1S/C11H25N/c1-6-10-12(5)11(7-2,8-3)9-4/h6-10H2,1-5H3. The van der Waals surface area contributed by atoms with E-state index in [-0.39, 0.29) is 0 Å². The van der Waals surface area contributed by atoms with Crippen LogP contribution in [0.3, 0.4) is 0 Å². The monoisotopic (exact) mass is 171 g/mol. The first-order valence-electron chi connectivity index (χ1n) is 5.38. The molecule has 0 aliphatic heterocycles. The Morgan fingerprint density at radius 3 is 1.58 bits per heavy atom. The molecule has 0 radical (unpaired) electrons. The summed E-state index contributed by atoms with van der Waals surface area (Å²) in [6, 6.07) is 0. The van der Waals surface area contributed by atoms with Gasteiger partial charge in [-0.1, -0.05) is 27.7 Å². The molecule has 0 saturated heterocycles. The van der Waals surface area contributed by atoms with E-state index >= 15 is 0 Å². The van der Waals surface area contributed by atoms with Crippen molar-refractivity contribution < 1.29 is 0 Å². The molecule has 0 amide bonds. The Kier molecular flexibility index (Phi) is 5.56. The van der Waals surface area contributed by atoms with Crippen LogP contribution in [-0.4, -0.2) is 24.0 Å². The minimum Gasteiger partial charge on any atom is -0.301 e. The average molecular weight is 171 g/mol. The van der Waals surface area contributed by atoms with Gasteiger partial charge in [-0.25, -0.2) is 0 Å². The van der Waals surface area contributed by atoms with Gasteiger partial charge in [-0.3, -0.25) is 0 Å². The predicted octanol–water partition coefficient (Wildman–Crippen LogP) is 3.30. The number of hydrogen-bond donors (Lipinski definition) is 0. The van der Waals surface area contributed by atoms with E-state index in [2.05, 4.69) is 39.6 Å². The molecule has 0 fully saturated rings. The molecule has 0 aromatic rings. The van der Waals surface area contributed by atoms with Gasteiger partial charge >= 0.3 is 0 Å². The van der Waals surface area contributed by atoms with E-state index in [9.17, 15) is 0 Å². The van der Waals surface area contributed by atoms with E-state index in [4.69, 9.17) is 0 Å². The molecule has 1 heteroatoms. The molecule has 74 valence electrons. The van der Waals surface area contributed by atoms with Gasteiger partial charge in [-0.2, -0.15) is 0 Å². The number of rotatable bonds is 6. The minimum atomic E-state index is 0.468. The van der Waals surface area contributed by atoms with Crippen molar-refractivity contribution in [3.05, 3.63) is 0 Å². The lowest BCUT2D eigenvalue weighted by Crippen LogP contribution is -2.45. The molecule has 0 bridgehead atoms. The Morgan fingerprint density at radius 1 is 0.917 bits per heavy atom.